The molecule has 0 aromatic carbocycles. The van der Waals surface area contributed by atoms with Crippen molar-refractivity contribution in [2.45, 2.75) is 311 Å². The summed E-state index contributed by atoms with van der Waals surface area (Å²) >= 11 is 0. The summed E-state index contributed by atoms with van der Waals surface area (Å²) in [4.78, 5) is 24.4. The monoisotopic (exact) mass is 999 g/mol. The van der Waals surface area contributed by atoms with Gasteiger partial charge < -0.3 is 19.8 Å². The van der Waals surface area contributed by atoms with Gasteiger partial charge in [0.1, 0.15) is 0 Å². The second-order valence-corrected chi connectivity index (χ2v) is 18.2. The van der Waals surface area contributed by atoms with Crippen molar-refractivity contribution < 1.29 is 19.8 Å². The van der Waals surface area contributed by atoms with Gasteiger partial charge in [-0.15, -0.1) is 0 Å². The molecule has 0 aromatic rings. The van der Waals surface area contributed by atoms with E-state index in [-0.39, 0.29) is 27.3 Å². The van der Waals surface area contributed by atoms with E-state index >= 15 is 0 Å². The zero-order valence-corrected chi connectivity index (χ0v) is 43.7. The van der Waals surface area contributed by atoms with Crippen molar-refractivity contribution >= 4 is 39.2 Å². The summed E-state index contributed by atoms with van der Waals surface area (Å²) in [6.07, 6.45) is 49.2. The number of hydrogen-bond donors (Lipinski definition) is 0. The van der Waals surface area contributed by atoms with Crippen LogP contribution in [0.2, 0.25) is 0 Å². The van der Waals surface area contributed by atoms with E-state index in [4.69, 9.17) is 0 Å². The fraction of sp³-hybridized carbons (Fsp3) is 0.962. The molecule has 0 fully saturated rings. The van der Waals surface area contributed by atoms with Crippen molar-refractivity contribution in [2.24, 2.45) is 10.8 Å². The third-order valence-electron chi connectivity index (χ3n) is 12.9. The van der Waals surface area contributed by atoms with Gasteiger partial charge in [0, 0.05) is 22.8 Å². The fourth-order valence-electron chi connectivity index (χ4n) is 8.82. The molecule has 5 heteroatoms. The zero-order chi connectivity index (χ0) is 41.9. The molecule has 0 rings (SSSR count). The predicted octanol–water partition coefficient (Wildman–Crippen LogP) is 15.6. The maximum absolute atomic E-state index is 12.2. The molecule has 0 aliphatic heterocycles. The molecule has 4 nitrogen and oxygen atoms in total. The summed E-state index contributed by atoms with van der Waals surface area (Å²) in [5.41, 5.74) is -1.11. The van der Waals surface area contributed by atoms with Gasteiger partial charge in [0.15, 0.2) is 0 Å². The van der Waals surface area contributed by atoms with E-state index in [1.165, 1.54) is 193 Å². The summed E-state index contributed by atoms with van der Waals surface area (Å²) in [6.45, 7) is 13.4. The van der Waals surface area contributed by atoms with Crippen molar-refractivity contribution in [2.75, 3.05) is 0 Å². The molecule has 57 heavy (non-hydrogen) atoms. The van der Waals surface area contributed by atoms with Crippen LogP contribution in [0.1, 0.15) is 311 Å². The van der Waals surface area contributed by atoms with E-state index in [1.807, 2.05) is 0 Å². The van der Waals surface area contributed by atoms with Gasteiger partial charge >= 0.3 is 27.3 Å². The van der Waals surface area contributed by atoms with Crippen LogP contribution >= 0.6 is 0 Å². The fourth-order valence-corrected chi connectivity index (χ4v) is 8.82. The molecular weight excluding hydrogens is 896 g/mol. The van der Waals surface area contributed by atoms with E-state index in [0.717, 1.165) is 77.0 Å². The van der Waals surface area contributed by atoms with Crippen LogP contribution in [0.3, 0.4) is 0 Å². The molecule has 0 bridgehead atoms. The third-order valence-corrected chi connectivity index (χ3v) is 12.9. The Morgan fingerprint density at radius 3 is 0.509 bits per heavy atom. The molecule has 0 aromatic heterocycles. The first-order valence-electron chi connectivity index (χ1n) is 25.7. The summed E-state index contributed by atoms with van der Waals surface area (Å²) in [5.74, 6) is -1.52. The third kappa shape index (κ3) is 37.4. The normalized spacial score (nSPS) is 11.6. The van der Waals surface area contributed by atoms with Gasteiger partial charge in [0.25, 0.3) is 0 Å². The van der Waals surface area contributed by atoms with Gasteiger partial charge in [0.05, 0.1) is 0 Å². The molecule has 0 aliphatic rings. The Morgan fingerprint density at radius 2 is 0.386 bits per heavy atom. The number of hydrogen-bond acceptors (Lipinski definition) is 4. The van der Waals surface area contributed by atoms with Gasteiger partial charge in [-0.05, 0) is 38.5 Å². The molecule has 0 spiro atoms. The van der Waals surface area contributed by atoms with Gasteiger partial charge in [-0.2, -0.15) is 0 Å². The van der Waals surface area contributed by atoms with Crippen LogP contribution < -0.4 is 10.2 Å². The second-order valence-electron chi connectivity index (χ2n) is 18.2. The minimum Gasteiger partial charge on any atom is -0.550 e. The van der Waals surface area contributed by atoms with Gasteiger partial charge in [-0.3, -0.25) is 0 Å². The molecule has 0 aliphatic carbocycles. The van der Waals surface area contributed by atoms with Crippen LogP contribution in [-0.4, -0.2) is 39.2 Å². The maximum Gasteiger partial charge on any atom is 2.00 e. The van der Waals surface area contributed by atoms with E-state index in [9.17, 15) is 19.8 Å². The Balaban J connectivity index is -0.00000101. The van der Waals surface area contributed by atoms with Crippen LogP contribution in [0.15, 0.2) is 0 Å². The van der Waals surface area contributed by atoms with Gasteiger partial charge in [-0.25, -0.2) is 0 Å². The maximum atomic E-state index is 12.2. The predicted molar refractivity (Wildman–Crippen MR) is 249 cm³/mol. The first kappa shape index (κ1) is 61.2. The van der Waals surface area contributed by atoms with Crippen LogP contribution in [0.5, 0.6) is 0 Å². The number of carboxylic acid groups (broad SMARTS) is 2. The minimum absolute atomic E-state index is 0. The van der Waals surface area contributed by atoms with E-state index in [0.29, 0.717) is 0 Å². The SMILES string of the molecule is CCCCCCCCC(CCCCCCCC)(CCCCCCCC)C(=O)[O-].CCCCCCCCC(CCCCCCCC)(CCCCCCCC)C(=O)[O-].[Pb+2]. The largest absolute Gasteiger partial charge is 2.00 e. The molecular formula is C52H102O4Pb. The van der Waals surface area contributed by atoms with Crippen LogP contribution in [-0.2, 0) is 9.59 Å². The summed E-state index contributed by atoms with van der Waals surface area (Å²) < 4.78 is 0. The van der Waals surface area contributed by atoms with Crippen LogP contribution in [0.25, 0.3) is 0 Å². The molecule has 0 amide bonds. The van der Waals surface area contributed by atoms with Crippen molar-refractivity contribution in [3.63, 3.8) is 0 Å². The minimum atomic E-state index is -0.761. The molecule has 0 saturated carbocycles. The van der Waals surface area contributed by atoms with Crippen LogP contribution in [0, 0.1) is 10.8 Å². The Hall–Kier alpha value is -0.138. The average Bonchev–Trinajstić information content (AvgIpc) is 3.19. The van der Waals surface area contributed by atoms with Crippen molar-refractivity contribution in [1.82, 2.24) is 0 Å². The molecule has 2 radical (unpaired) electrons. The number of carbonyl (C=O) groups is 2. The number of carbonyl (C=O) groups excluding carboxylic acids is 2. The van der Waals surface area contributed by atoms with Crippen molar-refractivity contribution in [3.05, 3.63) is 0 Å². The van der Waals surface area contributed by atoms with E-state index < -0.39 is 22.8 Å². The first-order chi connectivity index (χ1) is 27.3. The Bertz CT molecular complexity index is 666. The number of carboxylic acids is 2. The molecule has 0 N–H and O–H groups in total. The van der Waals surface area contributed by atoms with Crippen molar-refractivity contribution in [3.8, 4) is 0 Å². The van der Waals surface area contributed by atoms with E-state index in [2.05, 4.69) is 41.5 Å². The standard InChI is InChI=1S/2C26H52O2.Pb/c2*1-4-7-10-13-16-19-22-26(25(27)28,23-20-17-14-11-8-5-2)24-21-18-15-12-9-6-3;/h2*4-24H2,1-3H3,(H,27,28);/q;;+2/p-2. The quantitative estimate of drug-likeness (QED) is 0.0450. The summed E-state index contributed by atoms with van der Waals surface area (Å²) in [5, 5.41) is 24.4. The topological polar surface area (TPSA) is 80.3 Å². The molecule has 0 heterocycles. The number of aliphatic carboxylic acids is 2. The Morgan fingerprint density at radius 1 is 0.263 bits per heavy atom. The van der Waals surface area contributed by atoms with Gasteiger partial charge in [-0.1, -0.05) is 273 Å². The number of rotatable bonds is 44. The summed E-state index contributed by atoms with van der Waals surface area (Å²) in [7, 11) is 0. The smallest absolute Gasteiger partial charge is 0.550 e. The average molecular weight is 999 g/mol. The molecule has 0 atom stereocenters. The Kier molecular flexibility index (Phi) is 50.3. The molecule has 0 unspecified atom stereocenters. The Labute approximate surface area is 379 Å². The zero-order valence-electron chi connectivity index (χ0n) is 39.8. The molecule has 0 saturated heterocycles. The molecule has 338 valence electrons. The summed E-state index contributed by atoms with van der Waals surface area (Å²) in [6, 6.07) is 0. The van der Waals surface area contributed by atoms with E-state index in [1.54, 1.807) is 0 Å². The second kappa shape index (κ2) is 46.9. The number of unbranched alkanes of at least 4 members (excludes halogenated alkanes) is 30. The first-order valence-corrected chi connectivity index (χ1v) is 25.7. The van der Waals surface area contributed by atoms with Gasteiger partial charge in [0.2, 0.25) is 0 Å². The van der Waals surface area contributed by atoms with Crippen molar-refractivity contribution in [1.29, 1.82) is 0 Å². The van der Waals surface area contributed by atoms with Crippen LogP contribution in [0.4, 0.5) is 0 Å².